The minimum atomic E-state index is -0.168. The second-order valence-electron chi connectivity index (χ2n) is 5.63. The first kappa shape index (κ1) is 15.6. The minimum absolute atomic E-state index is 0.113. The quantitative estimate of drug-likeness (QED) is 0.845. The van der Waals surface area contributed by atoms with Crippen molar-refractivity contribution in [1.29, 1.82) is 0 Å². The number of thioether (sulfide) groups is 1. The lowest BCUT2D eigenvalue weighted by atomic mass is 10.2. The van der Waals surface area contributed by atoms with Crippen molar-refractivity contribution in [2.45, 2.75) is 32.2 Å². The Kier molecular flexibility index (Phi) is 4.54. The number of nitrogens with zero attached hydrogens (tertiary/aromatic N) is 2. The van der Waals surface area contributed by atoms with Crippen LogP contribution in [-0.4, -0.2) is 51.7 Å². The van der Waals surface area contributed by atoms with Gasteiger partial charge in [-0.3, -0.25) is 19.3 Å². The van der Waals surface area contributed by atoms with Crippen molar-refractivity contribution in [1.82, 2.24) is 9.80 Å². The summed E-state index contributed by atoms with van der Waals surface area (Å²) in [5.41, 5.74) is 1.24. The fraction of sp³-hybridized carbons (Fsp3) is 0.533. The van der Waals surface area contributed by atoms with Gasteiger partial charge in [-0.1, -0.05) is 11.8 Å². The van der Waals surface area contributed by atoms with Gasteiger partial charge in [0.25, 0.3) is 5.24 Å². The standard InChI is InChI=1S/C15H18N2O3S2/c1-10-5-7-21-12(10)2-3-13(18)16-6-4-11(8-16)17-14(19)9-22-15(17)20/h5,7,11H,2-4,6,8-9H2,1H3. The van der Waals surface area contributed by atoms with Gasteiger partial charge in [0.05, 0.1) is 11.8 Å². The van der Waals surface area contributed by atoms with Crippen molar-refractivity contribution in [3.8, 4) is 0 Å². The predicted octanol–water partition coefficient (Wildman–Crippen LogP) is 2.29. The van der Waals surface area contributed by atoms with Crippen LogP contribution in [-0.2, 0) is 16.0 Å². The van der Waals surface area contributed by atoms with Gasteiger partial charge in [0.2, 0.25) is 11.8 Å². The molecule has 0 radical (unpaired) electrons. The smallest absolute Gasteiger partial charge is 0.289 e. The molecule has 3 heterocycles. The van der Waals surface area contributed by atoms with Crippen molar-refractivity contribution < 1.29 is 14.4 Å². The number of hydrogen-bond acceptors (Lipinski definition) is 5. The highest BCUT2D eigenvalue weighted by Crippen LogP contribution is 2.26. The third kappa shape index (κ3) is 3.05. The van der Waals surface area contributed by atoms with E-state index in [1.165, 1.54) is 15.3 Å². The highest BCUT2D eigenvalue weighted by atomic mass is 32.2. The summed E-state index contributed by atoms with van der Waals surface area (Å²) in [5, 5.41) is 1.88. The number of likely N-dealkylation sites (tertiary alicyclic amines) is 1. The number of rotatable bonds is 4. The summed E-state index contributed by atoms with van der Waals surface area (Å²) in [6, 6.07) is 1.93. The van der Waals surface area contributed by atoms with Crippen LogP contribution in [0.15, 0.2) is 11.4 Å². The third-order valence-corrected chi connectivity index (χ3v) is 6.12. The van der Waals surface area contributed by atoms with E-state index in [2.05, 4.69) is 13.0 Å². The molecule has 2 fully saturated rings. The van der Waals surface area contributed by atoms with Crippen LogP contribution < -0.4 is 0 Å². The largest absolute Gasteiger partial charge is 0.341 e. The number of carbonyl (C=O) groups excluding carboxylic acids is 3. The Balaban J connectivity index is 1.54. The summed E-state index contributed by atoms with van der Waals surface area (Å²) in [4.78, 5) is 40.2. The van der Waals surface area contributed by atoms with Crippen LogP contribution in [0, 0.1) is 6.92 Å². The van der Waals surface area contributed by atoms with E-state index in [9.17, 15) is 14.4 Å². The monoisotopic (exact) mass is 338 g/mol. The topological polar surface area (TPSA) is 57.7 Å². The van der Waals surface area contributed by atoms with E-state index in [0.717, 1.165) is 18.2 Å². The lowest BCUT2D eigenvalue weighted by Gasteiger charge is -2.21. The third-order valence-electron chi connectivity index (χ3n) is 4.20. The number of aryl methyl sites for hydroxylation is 2. The summed E-state index contributed by atoms with van der Waals surface area (Å²) < 4.78 is 0. The normalized spacial score (nSPS) is 22.0. The second kappa shape index (κ2) is 6.42. The molecule has 3 rings (SSSR count). The van der Waals surface area contributed by atoms with Crippen molar-refractivity contribution in [3.63, 3.8) is 0 Å². The zero-order chi connectivity index (χ0) is 15.7. The fourth-order valence-corrected chi connectivity index (χ4v) is 4.62. The second-order valence-corrected chi connectivity index (χ2v) is 7.55. The number of carbonyl (C=O) groups is 3. The summed E-state index contributed by atoms with van der Waals surface area (Å²) in [7, 11) is 0. The molecule has 2 aliphatic heterocycles. The van der Waals surface area contributed by atoms with Gasteiger partial charge >= 0.3 is 0 Å². The van der Waals surface area contributed by atoms with Crippen LogP contribution in [0.3, 0.4) is 0 Å². The van der Waals surface area contributed by atoms with Crippen molar-refractivity contribution >= 4 is 40.2 Å². The van der Waals surface area contributed by atoms with E-state index in [0.29, 0.717) is 25.9 Å². The van der Waals surface area contributed by atoms with Crippen LogP contribution >= 0.6 is 23.1 Å². The maximum absolute atomic E-state index is 12.3. The lowest BCUT2D eigenvalue weighted by molar-refractivity contribution is -0.131. The van der Waals surface area contributed by atoms with E-state index < -0.39 is 0 Å². The Morgan fingerprint density at radius 3 is 2.86 bits per heavy atom. The molecular weight excluding hydrogens is 320 g/mol. The van der Waals surface area contributed by atoms with Crippen LogP contribution in [0.1, 0.15) is 23.3 Å². The summed E-state index contributed by atoms with van der Waals surface area (Å²) in [6.45, 7) is 3.18. The van der Waals surface area contributed by atoms with Gasteiger partial charge in [-0.25, -0.2) is 0 Å². The molecule has 1 unspecified atom stereocenters. The Hall–Kier alpha value is -1.34. The van der Waals surface area contributed by atoms with Gasteiger partial charge in [-0.2, -0.15) is 0 Å². The van der Waals surface area contributed by atoms with Gasteiger partial charge < -0.3 is 4.90 Å². The van der Waals surface area contributed by atoms with E-state index in [4.69, 9.17) is 0 Å². The SMILES string of the molecule is Cc1ccsc1CCC(=O)N1CCC(N2C(=O)CSC2=O)C1. The molecule has 2 saturated heterocycles. The maximum Gasteiger partial charge on any atom is 0.289 e. The molecule has 22 heavy (non-hydrogen) atoms. The Morgan fingerprint density at radius 2 is 2.23 bits per heavy atom. The molecule has 5 nitrogen and oxygen atoms in total. The highest BCUT2D eigenvalue weighted by Gasteiger charge is 2.40. The Labute approximate surface area is 137 Å². The molecule has 1 aromatic rings. The predicted molar refractivity (Wildman–Crippen MR) is 87.1 cm³/mol. The van der Waals surface area contributed by atoms with Crippen molar-refractivity contribution in [2.75, 3.05) is 18.8 Å². The number of thiophene rings is 1. The molecule has 0 spiro atoms. The molecular formula is C15H18N2O3S2. The molecule has 0 aliphatic carbocycles. The summed E-state index contributed by atoms with van der Waals surface area (Å²) in [5.74, 6) is 0.228. The van der Waals surface area contributed by atoms with Crippen LogP contribution in [0.2, 0.25) is 0 Å². The number of hydrogen-bond donors (Lipinski definition) is 0. The first-order chi connectivity index (χ1) is 10.6. The van der Waals surface area contributed by atoms with Crippen LogP contribution in [0.4, 0.5) is 4.79 Å². The first-order valence-electron chi connectivity index (χ1n) is 7.36. The molecule has 0 aromatic carbocycles. The zero-order valence-electron chi connectivity index (χ0n) is 12.4. The molecule has 1 atom stereocenters. The summed E-state index contributed by atoms with van der Waals surface area (Å²) >= 11 is 2.74. The molecule has 0 N–H and O–H groups in total. The van der Waals surface area contributed by atoms with Crippen molar-refractivity contribution in [2.24, 2.45) is 0 Å². The molecule has 118 valence electrons. The van der Waals surface area contributed by atoms with Crippen molar-refractivity contribution in [3.05, 3.63) is 21.9 Å². The summed E-state index contributed by atoms with van der Waals surface area (Å²) in [6.07, 6.45) is 1.95. The van der Waals surface area contributed by atoms with E-state index in [1.807, 2.05) is 5.38 Å². The average molecular weight is 338 g/mol. The fourth-order valence-electron chi connectivity index (χ4n) is 2.93. The minimum Gasteiger partial charge on any atom is -0.341 e. The van der Waals surface area contributed by atoms with Gasteiger partial charge in [0.1, 0.15) is 0 Å². The molecule has 2 aliphatic rings. The Bertz CT molecular complexity index is 598. The number of amides is 3. The van der Waals surface area contributed by atoms with E-state index in [-0.39, 0.29) is 28.8 Å². The van der Waals surface area contributed by atoms with E-state index >= 15 is 0 Å². The molecule has 0 bridgehead atoms. The van der Waals surface area contributed by atoms with Gasteiger partial charge in [0.15, 0.2) is 0 Å². The lowest BCUT2D eigenvalue weighted by Crippen LogP contribution is -2.41. The number of imide groups is 1. The molecule has 1 aromatic heterocycles. The molecule has 7 heteroatoms. The zero-order valence-corrected chi connectivity index (χ0v) is 14.0. The highest BCUT2D eigenvalue weighted by molar-refractivity contribution is 8.14. The maximum atomic E-state index is 12.3. The van der Waals surface area contributed by atoms with Gasteiger partial charge in [-0.05, 0) is 36.8 Å². The van der Waals surface area contributed by atoms with Gasteiger partial charge in [0, 0.05) is 24.4 Å². The van der Waals surface area contributed by atoms with Crippen LogP contribution in [0.25, 0.3) is 0 Å². The van der Waals surface area contributed by atoms with Gasteiger partial charge in [-0.15, -0.1) is 11.3 Å². The van der Waals surface area contributed by atoms with Crippen LogP contribution in [0.5, 0.6) is 0 Å². The molecule has 0 saturated carbocycles. The Morgan fingerprint density at radius 1 is 1.41 bits per heavy atom. The first-order valence-corrected chi connectivity index (χ1v) is 9.22. The molecule has 3 amide bonds. The van der Waals surface area contributed by atoms with E-state index in [1.54, 1.807) is 16.2 Å². The average Bonchev–Trinajstić information content (AvgIpc) is 3.18.